The van der Waals surface area contributed by atoms with E-state index in [-0.39, 0.29) is 5.82 Å². The number of halogens is 4. The first-order chi connectivity index (χ1) is 9.82. The zero-order valence-electron chi connectivity index (χ0n) is 11.2. The van der Waals surface area contributed by atoms with Gasteiger partial charge in [0.2, 0.25) is 0 Å². The highest BCUT2D eigenvalue weighted by molar-refractivity contribution is 5.36. The largest absolute Gasteiger partial charge is 0.416 e. The van der Waals surface area contributed by atoms with E-state index in [1.807, 2.05) is 0 Å². The van der Waals surface area contributed by atoms with Crippen molar-refractivity contribution in [3.63, 3.8) is 0 Å². The van der Waals surface area contributed by atoms with Crippen LogP contribution in [0.4, 0.5) is 17.6 Å². The van der Waals surface area contributed by atoms with Gasteiger partial charge in [0.25, 0.3) is 0 Å². The minimum atomic E-state index is -4.42. The Labute approximate surface area is 119 Å². The van der Waals surface area contributed by atoms with E-state index in [1.165, 1.54) is 18.2 Å². The molecule has 3 N–H and O–H groups in total. The van der Waals surface area contributed by atoms with Crippen LogP contribution in [0.25, 0.3) is 0 Å². The maximum Gasteiger partial charge on any atom is 0.416 e. The summed E-state index contributed by atoms with van der Waals surface area (Å²) in [6.07, 6.45) is -4.42. The van der Waals surface area contributed by atoms with Crippen molar-refractivity contribution in [1.82, 2.24) is 5.43 Å². The molecule has 1 atom stereocenters. The number of hydrogen-bond acceptors (Lipinski definition) is 2. The summed E-state index contributed by atoms with van der Waals surface area (Å²) in [4.78, 5) is 0. The molecule has 0 fully saturated rings. The fourth-order valence-electron chi connectivity index (χ4n) is 2.13. The average molecular weight is 298 g/mol. The Bertz CT molecular complexity index is 638. The number of aryl methyl sites for hydroxylation is 1. The minimum Gasteiger partial charge on any atom is -0.271 e. The van der Waals surface area contributed by atoms with E-state index in [2.05, 4.69) is 5.43 Å². The van der Waals surface area contributed by atoms with Gasteiger partial charge in [0, 0.05) is 0 Å². The van der Waals surface area contributed by atoms with Gasteiger partial charge in [-0.2, -0.15) is 13.2 Å². The van der Waals surface area contributed by atoms with Crippen LogP contribution in [0.1, 0.15) is 28.3 Å². The van der Waals surface area contributed by atoms with Crippen LogP contribution in [0.15, 0.2) is 42.5 Å². The van der Waals surface area contributed by atoms with E-state index in [0.29, 0.717) is 16.7 Å². The van der Waals surface area contributed by atoms with Crippen molar-refractivity contribution in [2.75, 3.05) is 0 Å². The smallest absolute Gasteiger partial charge is 0.271 e. The van der Waals surface area contributed by atoms with Crippen molar-refractivity contribution >= 4 is 0 Å². The molecule has 0 radical (unpaired) electrons. The fraction of sp³-hybridized carbons (Fsp3) is 0.200. The highest BCUT2D eigenvalue weighted by Crippen LogP contribution is 2.32. The lowest BCUT2D eigenvalue weighted by molar-refractivity contribution is -0.137. The van der Waals surface area contributed by atoms with E-state index >= 15 is 0 Å². The second-order valence-electron chi connectivity index (χ2n) is 4.73. The third-order valence-corrected chi connectivity index (χ3v) is 3.23. The first kappa shape index (κ1) is 15.5. The molecule has 0 aliphatic heterocycles. The minimum absolute atomic E-state index is 0.360. The molecule has 0 bridgehead atoms. The molecule has 2 aromatic rings. The van der Waals surface area contributed by atoms with Gasteiger partial charge in [-0.15, -0.1) is 0 Å². The van der Waals surface area contributed by atoms with E-state index in [9.17, 15) is 17.6 Å². The molecular weight excluding hydrogens is 284 g/mol. The number of hydrogen-bond donors (Lipinski definition) is 2. The maximum absolute atomic E-state index is 13.3. The van der Waals surface area contributed by atoms with Crippen molar-refractivity contribution in [3.05, 3.63) is 70.5 Å². The predicted octanol–water partition coefficient (Wildman–Crippen LogP) is 3.71. The predicted molar refractivity (Wildman–Crippen MR) is 71.7 cm³/mol. The molecule has 0 amide bonds. The van der Waals surface area contributed by atoms with Crippen molar-refractivity contribution < 1.29 is 17.6 Å². The third kappa shape index (κ3) is 3.40. The van der Waals surface area contributed by atoms with Gasteiger partial charge in [-0.05, 0) is 41.8 Å². The molecular formula is C15H14F4N2. The Morgan fingerprint density at radius 3 is 2.29 bits per heavy atom. The van der Waals surface area contributed by atoms with Crippen LogP contribution in [0, 0.1) is 12.7 Å². The van der Waals surface area contributed by atoms with Crippen LogP contribution in [0.3, 0.4) is 0 Å². The molecule has 1 unspecified atom stereocenters. The Kier molecular flexibility index (Phi) is 4.29. The van der Waals surface area contributed by atoms with Crippen LogP contribution >= 0.6 is 0 Å². The average Bonchev–Trinajstić information content (AvgIpc) is 2.43. The number of alkyl halides is 3. The summed E-state index contributed by atoms with van der Waals surface area (Å²) in [6, 6.07) is 8.55. The number of nitrogens with one attached hydrogen (secondary N) is 1. The lowest BCUT2D eigenvalue weighted by Crippen LogP contribution is -2.29. The summed E-state index contributed by atoms with van der Waals surface area (Å²) in [5.41, 5.74) is 3.07. The normalized spacial score (nSPS) is 13.2. The van der Waals surface area contributed by atoms with Gasteiger partial charge < -0.3 is 0 Å². The lowest BCUT2D eigenvalue weighted by atomic mass is 9.96. The highest BCUT2D eigenvalue weighted by Gasteiger charge is 2.31. The topological polar surface area (TPSA) is 38.0 Å². The van der Waals surface area contributed by atoms with E-state index < -0.39 is 17.8 Å². The zero-order chi connectivity index (χ0) is 15.6. The molecule has 0 aromatic heterocycles. The number of nitrogens with two attached hydrogens (primary N) is 1. The van der Waals surface area contributed by atoms with Gasteiger partial charge in [-0.1, -0.05) is 24.3 Å². The van der Waals surface area contributed by atoms with Gasteiger partial charge >= 0.3 is 6.18 Å². The molecule has 0 saturated carbocycles. The van der Waals surface area contributed by atoms with Crippen LogP contribution in [-0.2, 0) is 6.18 Å². The molecule has 21 heavy (non-hydrogen) atoms. The summed E-state index contributed by atoms with van der Waals surface area (Å²) < 4.78 is 51.5. The van der Waals surface area contributed by atoms with Crippen molar-refractivity contribution in [2.45, 2.75) is 19.1 Å². The first-order valence-electron chi connectivity index (χ1n) is 6.22. The van der Waals surface area contributed by atoms with E-state index in [0.717, 1.165) is 12.1 Å². The van der Waals surface area contributed by atoms with Crippen molar-refractivity contribution in [3.8, 4) is 0 Å². The molecule has 0 spiro atoms. The molecule has 112 valence electrons. The second kappa shape index (κ2) is 5.83. The van der Waals surface area contributed by atoms with E-state index in [4.69, 9.17) is 5.84 Å². The summed E-state index contributed by atoms with van der Waals surface area (Å²) >= 11 is 0. The van der Waals surface area contributed by atoms with Gasteiger partial charge in [0.1, 0.15) is 5.82 Å². The highest BCUT2D eigenvalue weighted by atomic mass is 19.4. The molecule has 2 aromatic carbocycles. The number of hydrazine groups is 1. The maximum atomic E-state index is 13.3. The molecule has 0 saturated heterocycles. The Balaban J connectivity index is 2.44. The molecule has 2 rings (SSSR count). The lowest BCUT2D eigenvalue weighted by Gasteiger charge is -2.19. The van der Waals surface area contributed by atoms with Crippen molar-refractivity contribution in [2.24, 2.45) is 5.84 Å². The number of benzene rings is 2. The van der Waals surface area contributed by atoms with Gasteiger partial charge in [-0.25, -0.2) is 9.82 Å². The van der Waals surface area contributed by atoms with Crippen LogP contribution < -0.4 is 11.3 Å². The number of rotatable bonds is 3. The van der Waals surface area contributed by atoms with E-state index in [1.54, 1.807) is 19.1 Å². The standard InChI is InChI=1S/C15H14F4N2/c1-9-7-11(5-6-13(9)16)14(21-20)10-3-2-4-12(8-10)15(17,18)19/h2-8,14,21H,20H2,1H3. The van der Waals surface area contributed by atoms with Gasteiger partial charge in [0.05, 0.1) is 11.6 Å². The van der Waals surface area contributed by atoms with Crippen molar-refractivity contribution in [1.29, 1.82) is 0 Å². The SMILES string of the molecule is Cc1cc(C(NN)c2cccc(C(F)(F)F)c2)ccc1F. The third-order valence-electron chi connectivity index (χ3n) is 3.23. The first-order valence-corrected chi connectivity index (χ1v) is 6.22. The van der Waals surface area contributed by atoms with Crippen LogP contribution in [-0.4, -0.2) is 0 Å². The van der Waals surface area contributed by atoms with Crippen LogP contribution in [0.2, 0.25) is 0 Å². The second-order valence-corrected chi connectivity index (χ2v) is 4.73. The fourth-order valence-corrected chi connectivity index (χ4v) is 2.13. The van der Waals surface area contributed by atoms with Gasteiger partial charge in [0.15, 0.2) is 0 Å². The van der Waals surface area contributed by atoms with Gasteiger partial charge in [-0.3, -0.25) is 5.84 Å². The molecule has 2 nitrogen and oxygen atoms in total. The Morgan fingerprint density at radius 2 is 1.71 bits per heavy atom. The molecule has 6 heteroatoms. The van der Waals surface area contributed by atoms with Crippen LogP contribution in [0.5, 0.6) is 0 Å². The summed E-state index contributed by atoms with van der Waals surface area (Å²) in [6.45, 7) is 1.58. The summed E-state index contributed by atoms with van der Waals surface area (Å²) in [7, 11) is 0. The Morgan fingerprint density at radius 1 is 1.05 bits per heavy atom. The molecule has 0 aliphatic carbocycles. The summed E-state index contributed by atoms with van der Waals surface area (Å²) in [5, 5.41) is 0. The zero-order valence-corrected chi connectivity index (χ0v) is 11.2. The quantitative estimate of drug-likeness (QED) is 0.515. The molecule has 0 heterocycles. The monoisotopic (exact) mass is 298 g/mol. The molecule has 0 aliphatic rings. The summed E-state index contributed by atoms with van der Waals surface area (Å²) in [5.74, 6) is 5.08. The Hall–Kier alpha value is -1.92.